The second kappa shape index (κ2) is 7.23. The molecule has 0 heterocycles. The van der Waals surface area contributed by atoms with Gasteiger partial charge in [0, 0.05) is 5.56 Å². The van der Waals surface area contributed by atoms with Gasteiger partial charge in [-0.2, -0.15) is 0 Å². The Bertz CT molecular complexity index is 847. The van der Waals surface area contributed by atoms with Gasteiger partial charge in [0.25, 0.3) is 0 Å². The fourth-order valence-corrected chi connectivity index (χ4v) is 4.85. The van der Waals surface area contributed by atoms with Crippen LogP contribution in [0.25, 0.3) is 0 Å². The minimum absolute atomic E-state index is 0.162. The van der Waals surface area contributed by atoms with Gasteiger partial charge in [-0.25, -0.2) is 0 Å². The first kappa shape index (κ1) is 17.4. The van der Waals surface area contributed by atoms with E-state index in [0.717, 1.165) is 15.4 Å². The lowest BCUT2D eigenvalue weighted by Gasteiger charge is -2.15. The summed E-state index contributed by atoms with van der Waals surface area (Å²) in [5, 5.41) is 0. The number of aryl methyl sites for hydroxylation is 1. The number of alkyl halides is 3. The molecule has 128 valence electrons. The van der Waals surface area contributed by atoms with Crippen molar-refractivity contribution in [2.24, 2.45) is 0 Å². The van der Waals surface area contributed by atoms with Crippen LogP contribution in [-0.2, 0) is 10.9 Å². The molecule has 0 N–H and O–H groups in total. The van der Waals surface area contributed by atoms with Crippen molar-refractivity contribution in [2.75, 3.05) is 0 Å². The van der Waals surface area contributed by atoms with Crippen molar-refractivity contribution in [3.8, 4) is 5.75 Å². The van der Waals surface area contributed by atoms with Crippen molar-refractivity contribution in [3.63, 3.8) is 0 Å². The molecule has 1 nitrogen and oxygen atoms in total. The standard InChI is InChI=1S/C20H16F3OS/c1-15-9-5-7-13-18(15)25(16-10-3-2-4-11-16)19-14-8-6-12-17(19)24-20(21,22)23/h2-14H,1H3/q+1. The maximum atomic E-state index is 12.8. The molecule has 0 saturated heterocycles. The Balaban J connectivity index is 2.19. The van der Waals surface area contributed by atoms with Crippen LogP contribution in [0.5, 0.6) is 5.75 Å². The third-order valence-electron chi connectivity index (χ3n) is 3.59. The van der Waals surface area contributed by atoms with Crippen LogP contribution in [0.4, 0.5) is 13.2 Å². The van der Waals surface area contributed by atoms with Gasteiger partial charge in [0.05, 0.1) is 0 Å². The van der Waals surface area contributed by atoms with Crippen molar-refractivity contribution in [1.82, 2.24) is 0 Å². The minimum atomic E-state index is -4.73. The van der Waals surface area contributed by atoms with Crippen molar-refractivity contribution in [1.29, 1.82) is 0 Å². The number of hydrogen-bond donors (Lipinski definition) is 0. The highest BCUT2D eigenvalue weighted by Crippen LogP contribution is 2.39. The Hall–Kier alpha value is -2.40. The molecule has 25 heavy (non-hydrogen) atoms. The molecule has 3 aromatic rings. The lowest BCUT2D eigenvalue weighted by Crippen LogP contribution is -2.19. The van der Waals surface area contributed by atoms with Crippen LogP contribution in [0.2, 0.25) is 0 Å². The van der Waals surface area contributed by atoms with E-state index in [-0.39, 0.29) is 5.75 Å². The Labute approximate surface area is 147 Å². The maximum Gasteiger partial charge on any atom is 0.573 e. The summed E-state index contributed by atoms with van der Waals surface area (Å²) < 4.78 is 42.9. The van der Waals surface area contributed by atoms with E-state index in [1.54, 1.807) is 18.2 Å². The SMILES string of the molecule is Cc1ccccc1[S+](c1ccccc1)c1ccccc1OC(F)(F)F. The van der Waals surface area contributed by atoms with E-state index in [1.807, 2.05) is 61.5 Å². The molecule has 3 rings (SSSR count). The first-order valence-corrected chi connectivity index (χ1v) is 8.88. The summed E-state index contributed by atoms with van der Waals surface area (Å²) in [6.07, 6.45) is -4.73. The number of halogens is 3. The molecule has 0 spiro atoms. The van der Waals surface area contributed by atoms with Gasteiger partial charge in [-0.3, -0.25) is 0 Å². The molecule has 3 aromatic carbocycles. The van der Waals surface area contributed by atoms with Gasteiger partial charge in [0.15, 0.2) is 15.5 Å². The van der Waals surface area contributed by atoms with Gasteiger partial charge in [-0.05, 0) is 37.3 Å². The second-order valence-corrected chi connectivity index (χ2v) is 7.34. The highest BCUT2D eigenvalue weighted by molar-refractivity contribution is 7.97. The van der Waals surface area contributed by atoms with Gasteiger partial charge in [0.1, 0.15) is 10.9 Å². The topological polar surface area (TPSA) is 9.23 Å². The molecule has 0 saturated carbocycles. The van der Waals surface area contributed by atoms with Crippen LogP contribution >= 0.6 is 0 Å². The van der Waals surface area contributed by atoms with Crippen LogP contribution in [0.3, 0.4) is 0 Å². The average Bonchev–Trinajstić information content (AvgIpc) is 2.58. The van der Waals surface area contributed by atoms with Crippen LogP contribution in [-0.4, -0.2) is 6.36 Å². The zero-order chi connectivity index (χ0) is 17.9. The predicted molar refractivity (Wildman–Crippen MR) is 92.9 cm³/mol. The fraction of sp³-hybridized carbons (Fsp3) is 0.100. The van der Waals surface area contributed by atoms with E-state index in [4.69, 9.17) is 0 Å². The molecular formula is C20H16F3OS+. The first-order valence-electron chi connectivity index (χ1n) is 7.65. The largest absolute Gasteiger partial charge is 0.573 e. The minimum Gasteiger partial charge on any atom is -0.400 e. The third-order valence-corrected chi connectivity index (χ3v) is 6.01. The number of ether oxygens (including phenoxy) is 1. The molecular weight excluding hydrogens is 345 g/mol. The predicted octanol–water partition coefficient (Wildman–Crippen LogP) is 5.99. The maximum absolute atomic E-state index is 12.8. The smallest absolute Gasteiger partial charge is 0.400 e. The van der Waals surface area contributed by atoms with Crippen molar-refractivity contribution < 1.29 is 17.9 Å². The molecule has 0 aliphatic heterocycles. The van der Waals surface area contributed by atoms with Crippen LogP contribution in [0.1, 0.15) is 5.56 Å². The molecule has 5 heteroatoms. The molecule has 1 unspecified atom stereocenters. The van der Waals surface area contributed by atoms with Crippen LogP contribution < -0.4 is 4.74 Å². The highest BCUT2D eigenvalue weighted by atomic mass is 32.2. The third kappa shape index (κ3) is 4.17. The summed E-state index contributed by atoms with van der Waals surface area (Å²) in [4.78, 5) is 2.43. The van der Waals surface area contributed by atoms with Gasteiger partial charge in [-0.1, -0.05) is 48.5 Å². The number of hydrogen-bond acceptors (Lipinski definition) is 1. The number of rotatable bonds is 4. The van der Waals surface area contributed by atoms with E-state index < -0.39 is 17.3 Å². The summed E-state index contributed by atoms with van der Waals surface area (Å²) in [6.45, 7) is 1.96. The molecule has 1 atom stereocenters. The Morgan fingerprint density at radius 3 is 1.92 bits per heavy atom. The van der Waals surface area contributed by atoms with E-state index in [9.17, 15) is 13.2 Å². The summed E-state index contributed by atoms with van der Waals surface area (Å²) in [7, 11) is -0.697. The van der Waals surface area contributed by atoms with Crippen molar-refractivity contribution >= 4 is 10.9 Å². The molecule has 0 amide bonds. The summed E-state index contributed by atoms with van der Waals surface area (Å²) in [5.41, 5.74) is 1.02. The van der Waals surface area contributed by atoms with E-state index in [0.29, 0.717) is 4.90 Å². The first-order chi connectivity index (χ1) is 12.0. The normalized spacial score (nSPS) is 12.6. The molecule has 0 bridgehead atoms. The summed E-state index contributed by atoms with van der Waals surface area (Å²) in [6, 6.07) is 23.6. The molecule has 0 aliphatic rings. The van der Waals surface area contributed by atoms with Crippen LogP contribution in [0, 0.1) is 6.92 Å². The summed E-state index contributed by atoms with van der Waals surface area (Å²) >= 11 is 0. The summed E-state index contributed by atoms with van der Waals surface area (Å²) in [5.74, 6) is -0.162. The van der Waals surface area contributed by atoms with Gasteiger partial charge < -0.3 is 4.74 Å². The number of para-hydroxylation sites is 1. The quantitative estimate of drug-likeness (QED) is 0.519. The van der Waals surface area contributed by atoms with E-state index >= 15 is 0 Å². The van der Waals surface area contributed by atoms with Gasteiger partial charge >= 0.3 is 6.36 Å². The Morgan fingerprint density at radius 2 is 1.28 bits per heavy atom. The van der Waals surface area contributed by atoms with Gasteiger partial charge in [-0.15, -0.1) is 13.2 Å². The lowest BCUT2D eigenvalue weighted by atomic mass is 10.2. The monoisotopic (exact) mass is 361 g/mol. The molecule has 0 aliphatic carbocycles. The van der Waals surface area contributed by atoms with Crippen molar-refractivity contribution in [3.05, 3.63) is 84.4 Å². The van der Waals surface area contributed by atoms with E-state index in [1.165, 1.54) is 6.07 Å². The molecule has 0 aromatic heterocycles. The molecule has 0 radical (unpaired) electrons. The Morgan fingerprint density at radius 1 is 0.720 bits per heavy atom. The van der Waals surface area contributed by atoms with Crippen LogP contribution in [0.15, 0.2) is 93.5 Å². The Kier molecular flexibility index (Phi) is 5.04. The average molecular weight is 361 g/mol. The highest BCUT2D eigenvalue weighted by Gasteiger charge is 2.38. The zero-order valence-electron chi connectivity index (χ0n) is 13.5. The number of benzene rings is 3. The zero-order valence-corrected chi connectivity index (χ0v) is 14.3. The second-order valence-electron chi connectivity index (χ2n) is 5.38. The van der Waals surface area contributed by atoms with Gasteiger partial charge in [0.2, 0.25) is 4.90 Å². The van der Waals surface area contributed by atoms with E-state index in [2.05, 4.69) is 4.74 Å². The molecule has 0 fully saturated rings. The van der Waals surface area contributed by atoms with Crippen molar-refractivity contribution in [2.45, 2.75) is 28.0 Å². The lowest BCUT2D eigenvalue weighted by molar-refractivity contribution is -0.275. The fourth-order valence-electron chi connectivity index (χ4n) is 2.54.